The number of oxazole rings is 1. The van der Waals surface area contributed by atoms with E-state index >= 15 is 0 Å². The topological polar surface area (TPSA) is 43.1 Å². The standard InChI is InChI=1S/C15H9F2NO2/c16-15(17,10-6-2-1-3-7-10)13(19)14-18-11-8-4-5-9-12(11)20-14/h1-9H. The maximum Gasteiger partial charge on any atom is 0.339 e. The number of aromatic nitrogens is 1. The Morgan fingerprint density at radius 3 is 2.35 bits per heavy atom. The molecule has 0 fully saturated rings. The number of alkyl halides is 2. The van der Waals surface area contributed by atoms with E-state index in [-0.39, 0.29) is 5.56 Å². The fraction of sp³-hybridized carbons (Fsp3) is 0.0667. The third-order valence-electron chi connectivity index (χ3n) is 2.91. The van der Waals surface area contributed by atoms with Gasteiger partial charge in [-0.05, 0) is 12.1 Å². The molecule has 0 aliphatic heterocycles. The molecule has 0 unspecified atom stereocenters. The summed E-state index contributed by atoms with van der Waals surface area (Å²) in [6.45, 7) is 0. The number of Topliss-reactive ketones (excluding diaryl/α,β-unsaturated/α-hetero) is 1. The van der Waals surface area contributed by atoms with Gasteiger partial charge in [-0.25, -0.2) is 4.98 Å². The normalized spacial score (nSPS) is 11.7. The molecule has 20 heavy (non-hydrogen) atoms. The molecule has 5 heteroatoms. The number of ketones is 1. The average molecular weight is 273 g/mol. The first-order valence-electron chi connectivity index (χ1n) is 5.93. The van der Waals surface area contributed by atoms with Crippen molar-refractivity contribution in [1.82, 2.24) is 4.98 Å². The Labute approximate surface area is 112 Å². The molecule has 0 amide bonds. The maximum absolute atomic E-state index is 14.1. The van der Waals surface area contributed by atoms with Crippen LogP contribution in [0.2, 0.25) is 0 Å². The van der Waals surface area contributed by atoms with Crippen LogP contribution in [0.15, 0.2) is 59.0 Å². The zero-order valence-electron chi connectivity index (χ0n) is 10.2. The van der Waals surface area contributed by atoms with Gasteiger partial charge in [0.15, 0.2) is 5.58 Å². The van der Waals surface area contributed by atoms with Crippen LogP contribution in [0.3, 0.4) is 0 Å². The Kier molecular flexibility index (Phi) is 2.82. The van der Waals surface area contributed by atoms with Crippen molar-refractivity contribution >= 4 is 16.9 Å². The Morgan fingerprint density at radius 2 is 1.65 bits per heavy atom. The van der Waals surface area contributed by atoms with E-state index in [1.807, 2.05) is 0 Å². The van der Waals surface area contributed by atoms with E-state index in [1.165, 1.54) is 24.3 Å². The highest BCUT2D eigenvalue weighted by Crippen LogP contribution is 2.32. The lowest BCUT2D eigenvalue weighted by Crippen LogP contribution is -2.26. The molecule has 1 heterocycles. The van der Waals surface area contributed by atoms with Crippen LogP contribution in [0, 0.1) is 0 Å². The summed E-state index contributed by atoms with van der Waals surface area (Å²) >= 11 is 0. The molecule has 1 aromatic heterocycles. The summed E-state index contributed by atoms with van der Waals surface area (Å²) < 4.78 is 33.3. The summed E-state index contributed by atoms with van der Waals surface area (Å²) in [5.74, 6) is -5.69. The first kappa shape index (κ1) is 12.5. The van der Waals surface area contributed by atoms with Gasteiger partial charge in [-0.1, -0.05) is 42.5 Å². The van der Waals surface area contributed by atoms with Crippen LogP contribution in [0.25, 0.3) is 11.1 Å². The van der Waals surface area contributed by atoms with Gasteiger partial charge in [0.2, 0.25) is 0 Å². The largest absolute Gasteiger partial charge is 0.434 e. The third-order valence-corrected chi connectivity index (χ3v) is 2.91. The van der Waals surface area contributed by atoms with Crippen LogP contribution < -0.4 is 0 Å². The molecule has 0 radical (unpaired) electrons. The van der Waals surface area contributed by atoms with E-state index < -0.39 is 17.6 Å². The highest BCUT2D eigenvalue weighted by atomic mass is 19.3. The van der Waals surface area contributed by atoms with Gasteiger partial charge in [0.25, 0.3) is 11.7 Å². The van der Waals surface area contributed by atoms with Crippen LogP contribution in [0.4, 0.5) is 8.78 Å². The first-order chi connectivity index (χ1) is 9.59. The van der Waals surface area contributed by atoms with Crippen LogP contribution >= 0.6 is 0 Å². The molecule has 0 spiro atoms. The Morgan fingerprint density at radius 1 is 1.00 bits per heavy atom. The first-order valence-corrected chi connectivity index (χ1v) is 5.93. The minimum atomic E-state index is -3.66. The smallest absolute Gasteiger partial charge is 0.339 e. The van der Waals surface area contributed by atoms with Crippen molar-refractivity contribution in [3.63, 3.8) is 0 Å². The Balaban J connectivity index is 2.03. The molecule has 0 atom stereocenters. The Bertz CT molecular complexity index is 733. The fourth-order valence-electron chi connectivity index (χ4n) is 1.88. The lowest BCUT2D eigenvalue weighted by Gasteiger charge is -2.12. The van der Waals surface area contributed by atoms with Crippen molar-refractivity contribution in [3.05, 3.63) is 66.1 Å². The zero-order chi connectivity index (χ0) is 14.2. The molecule has 3 rings (SSSR count). The SMILES string of the molecule is O=C(c1nc2ccccc2o1)C(F)(F)c1ccccc1. The number of carbonyl (C=O) groups is 1. The van der Waals surface area contributed by atoms with Crippen molar-refractivity contribution in [2.45, 2.75) is 5.92 Å². The molecule has 2 aromatic carbocycles. The molecule has 0 aliphatic carbocycles. The fourth-order valence-corrected chi connectivity index (χ4v) is 1.88. The minimum absolute atomic E-state index is 0.305. The number of para-hydroxylation sites is 2. The molecule has 3 aromatic rings. The molecule has 0 saturated heterocycles. The zero-order valence-corrected chi connectivity index (χ0v) is 10.2. The quantitative estimate of drug-likeness (QED) is 0.682. The highest BCUT2D eigenvalue weighted by molar-refractivity contribution is 5.99. The van der Waals surface area contributed by atoms with E-state index in [0.29, 0.717) is 11.1 Å². The number of nitrogens with zero attached hydrogens (tertiary/aromatic N) is 1. The van der Waals surface area contributed by atoms with E-state index in [0.717, 1.165) is 0 Å². The molecule has 0 N–H and O–H groups in total. The number of hydrogen-bond acceptors (Lipinski definition) is 3. The lowest BCUT2D eigenvalue weighted by molar-refractivity contribution is 0.00443. The van der Waals surface area contributed by atoms with E-state index in [9.17, 15) is 13.6 Å². The summed E-state index contributed by atoms with van der Waals surface area (Å²) in [4.78, 5) is 15.7. The second-order valence-electron chi connectivity index (χ2n) is 4.26. The van der Waals surface area contributed by atoms with E-state index in [4.69, 9.17) is 4.42 Å². The van der Waals surface area contributed by atoms with Crippen LogP contribution in [0.5, 0.6) is 0 Å². The molecular formula is C15H9F2NO2. The molecule has 3 nitrogen and oxygen atoms in total. The van der Waals surface area contributed by atoms with Gasteiger partial charge in [0, 0.05) is 5.56 Å². The summed E-state index contributed by atoms with van der Waals surface area (Å²) in [7, 11) is 0. The third kappa shape index (κ3) is 1.97. The number of benzene rings is 2. The predicted molar refractivity (Wildman–Crippen MR) is 68.7 cm³/mol. The van der Waals surface area contributed by atoms with Crippen molar-refractivity contribution in [2.75, 3.05) is 0 Å². The number of fused-ring (bicyclic) bond motifs is 1. The maximum atomic E-state index is 14.1. The van der Waals surface area contributed by atoms with E-state index in [1.54, 1.807) is 30.3 Å². The summed E-state index contributed by atoms with van der Waals surface area (Å²) in [6.07, 6.45) is 0. The van der Waals surface area contributed by atoms with Gasteiger partial charge < -0.3 is 4.42 Å². The van der Waals surface area contributed by atoms with Gasteiger partial charge in [-0.15, -0.1) is 0 Å². The van der Waals surface area contributed by atoms with Gasteiger partial charge in [-0.3, -0.25) is 4.79 Å². The number of rotatable bonds is 3. The van der Waals surface area contributed by atoms with Crippen molar-refractivity contribution < 1.29 is 18.0 Å². The highest BCUT2D eigenvalue weighted by Gasteiger charge is 2.44. The van der Waals surface area contributed by atoms with Crippen molar-refractivity contribution in [2.24, 2.45) is 0 Å². The van der Waals surface area contributed by atoms with Crippen LogP contribution in [-0.4, -0.2) is 10.8 Å². The molecule has 100 valence electrons. The number of hydrogen-bond donors (Lipinski definition) is 0. The lowest BCUT2D eigenvalue weighted by atomic mass is 10.0. The molecule has 0 aliphatic rings. The second-order valence-corrected chi connectivity index (χ2v) is 4.26. The summed E-state index contributed by atoms with van der Waals surface area (Å²) in [6, 6.07) is 13.4. The number of carbonyl (C=O) groups excluding carboxylic acids is 1. The Hall–Kier alpha value is -2.56. The predicted octanol–water partition coefficient (Wildman–Crippen LogP) is 3.80. The summed E-state index contributed by atoms with van der Waals surface area (Å²) in [5.41, 5.74) is 0.298. The van der Waals surface area contributed by atoms with Crippen LogP contribution in [-0.2, 0) is 5.92 Å². The van der Waals surface area contributed by atoms with Gasteiger partial charge >= 0.3 is 5.92 Å². The minimum Gasteiger partial charge on any atom is -0.434 e. The van der Waals surface area contributed by atoms with Crippen molar-refractivity contribution in [3.8, 4) is 0 Å². The average Bonchev–Trinajstić information content (AvgIpc) is 2.91. The molecule has 0 saturated carbocycles. The van der Waals surface area contributed by atoms with Crippen LogP contribution in [0.1, 0.15) is 16.2 Å². The molecular weight excluding hydrogens is 264 g/mol. The van der Waals surface area contributed by atoms with Gasteiger partial charge in [0.05, 0.1) is 0 Å². The monoisotopic (exact) mass is 273 g/mol. The number of halogens is 2. The van der Waals surface area contributed by atoms with E-state index in [2.05, 4.69) is 4.98 Å². The molecule has 0 bridgehead atoms. The summed E-state index contributed by atoms with van der Waals surface area (Å²) in [5, 5.41) is 0. The second kappa shape index (κ2) is 4.52. The van der Waals surface area contributed by atoms with Crippen molar-refractivity contribution in [1.29, 1.82) is 0 Å². The van der Waals surface area contributed by atoms with Gasteiger partial charge in [0.1, 0.15) is 5.52 Å². The van der Waals surface area contributed by atoms with Gasteiger partial charge in [-0.2, -0.15) is 8.78 Å².